The molecule has 0 N–H and O–H groups in total. The summed E-state index contributed by atoms with van der Waals surface area (Å²) in [4.78, 5) is 33.9. The van der Waals surface area contributed by atoms with Gasteiger partial charge in [0.1, 0.15) is 5.82 Å². The van der Waals surface area contributed by atoms with Crippen LogP contribution in [0.5, 0.6) is 0 Å². The molecule has 5 nitrogen and oxygen atoms in total. The zero-order chi connectivity index (χ0) is 21.3. The van der Waals surface area contributed by atoms with Crippen molar-refractivity contribution in [2.75, 3.05) is 13.1 Å². The third-order valence-electron chi connectivity index (χ3n) is 6.65. The van der Waals surface area contributed by atoms with Gasteiger partial charge in [0.05, 0.1) is 17.1 Å². The molecule has 0 radical (unpaired) electrons. The molecular formula is C24H28FN3O2. The molecule has 1 aromatic carbocycles. The summed E-state index contributed by atoms with van der Waals surface area (Å²) in [6, 6.07) is 10.2. The van der Waals surface area contributed by atoms with Gasteiger partial charge >= 0.3 is 0 Å². The number of aromatic nitrogens is 1. The molecule has 3 heterocycles. The van der Waals surface area contributed by atoms with Crippen LogP contribution in [0.1, 0.15) is 61.1 Å². The van der Waals surface area contributed by atoms with Crippen LogP contribution in [0.4, 0.5) is 4.39 Å². The quantitative estimate of drug-likeness (QED) is 0.775. The summed E-state index contributed by atoms with van der Waals surface area (Å²) >= 11 is 0. The van der Waals surface area contributed by atoms with Gasteiger partial charge in [-0.3, -0.25) is 14.6 Å². The molecular weight excluding hydrogens is 381 g/mol. The average Bonchev–Trinajstić information content (AvgIpc) is 2.72. The van der Waals surface area contributed by atoms with Crippen LogP contribution in [-0.2, 0) is 11.2 Å². The molecule has 0 unspecified atom stereocenters. The molecule has 0 spiro atoms. The van der Waals surface area contributed by atoms with E-state index in [2.05, 4.69) is 11.9 Å². The zero-order valence-electron chi connectivity index (χ0n) is 17.6. The lowest BCUT2D eigenvalue weighted by Crippen LogP contribution is -2.68. The van der Waals surface area contributed by atoms with Crippen molar-refractivity contribution in [1.82, 2.24) is 14.8 Å². The molecule has 2 saturated heterocycles. The molecule has 2 aliphatic heterocycles. The summed E-state index contributed by atoms with van der Waals surface area (Å²) in [5.74, 6) is -0.208. The fourth-order valence-corrected chi connectivity index (χ4v) is 5.12. The Bertz CT molecular complexity index is 946. The van der Waals surface area contributed by atoms with Crippen molar-refractivity contribution in [2.24, 2.45) is 0 Å². The molecule has 6 heteroatoms. The van der Waals surface area contributed by atoms with Gasteiger partial charge in [0, 0.05) is 38.3 Å². The number of amides is 2. The number of hydrogen-bond donors (Lipinski definition) is 0. The van der Waals surface area contributed by atoms with Crippen LogP contribution in [0, 0.1) is 5.82 Å². The molecule has 2 fully saturated rings. The first-order valence-corrected chi connectivity index (χ1v) is 10.7. The Morgan fingerprint density at radius 2 is 2.03 bits per heavy atom. The fourth-order valence-electron chi connectivity index (χ4n) is 5.12. The number of fused-ring (bicyclic) bond motifs is 1. The van der Waals surface area contributed by atoms with E-state index in [0.717, 1.165) is 43.5 Å². The van der Waals surface area contributed by atoms with Gasteiger partial charge in [-0.1, -0.05) is 12.1 Å². The largest absolute Gasteiger partial charge is 0.338 e. The highest BCUT2D eigenvalue weighted by Gasteiger charge is 2.49. The highest BCUT2D eigenvalue weighted by molar-refractivity contribution is 5.94. The van der Waals surface area contributed by atoms with E-state index in [1.165, 1.54) is 12.1 Å². The average molecular weight is 410 g/mol. The molecule has 2 aromatic rings. The van der Waals surface area contributed by atoms with Gasteiger partial charge in [-0.05, 0) is 62.4 Å². The van der Waals surface area contributed by atoms with Crippen LogP contribution in [0.15, 0.2) is 42.6 Å². The number of benzene rings is 1. The van der Waals surface area contributed by atoms with E-state index in [1.807, 2.05) is 28.0 Å². The Balaban J connectivity index is 1.53. The number of piperidine rings is 2. The highest BCUT2D eigenvalue weighted by atomic mass is 19.1. The number of carbonyl (C=O) groups excluding carboxylic acids is 2. The molecule has 4 rings (SSSR count). The first-order valence-electron chi connectivity index (χ1n) is 10.7. The standard InChI is InChI=1S/C24H28FN3O2/c1-17(29)27-12-5-11-24(2)22(27)8-4-13-28(24)23(30)19-9-10-21(26-16-19)15-18-6-3-7-20(25)14-18/h3,6-7,9-10,14,16,22H,4-5,8,11-13,15H2,1-2H3/t22-,24-/m0/s1. The van der Waals surface area contributed by atoms with Gasteiger partial charge in [-0.2, -0.15) is 0 Å². The van der Waals surface area contributed by atoms with E-state index in [0.29, 0.717) is 18.5 Å². The molecule has 0 bridgehead atoms. The topological polar surface area (TPSA) is 53.5 Å². The molecule has 2 aliphatic rings. The van der Waals surface area contributed by atoms with Gasteiger partial charge < -0.3 is 9.80 Å². The van der Waals surface area contributed by atoms with E-state index in [4.69, 9.17) is 0 Å². The lowest BCUT2D eigenvalue weighted by Gasteiger charge is -2.56. The van der Waals surface area contributed by atoms with Gasteiger partial charge in [-0.25, -0.2) is 4.39 Å². The highest BCUT2D eigenvalue weighted by Crippen LogP contribution is 2.39. The first-order chi connectivity index (χ1) is 14.4. The molecule has 1 aromatic heterocycles. The number of nitrogens with zero attached hydrogens (tertiary/aromatic N) is 3. The van der Waals surface area contributed by atoms with E-state index in [-0.39, 0.29) is 29.2 Å². The van der Waals surface area contributed by atoms with Gasteiger partial charge in [0.15, 0.2) is 0 Å². The molecule has 30 heavy (non-hydrogen) atoms. The van der Waals surface area contributed by atoms with Crippen molar-refractivity contribution < 1.29 is 14.0 Å². The number of likely N-dealkylation sites (tertiary alicyclic amines) is 2. The van der Waals surface area contributed by atoms with Gasteiger partial charge in [-0.15, -0.1) is 0 Å². The predicted octanol–water partition coefficient (Wildman–Crippen LogP) is 3.82. The summed E-state index contributed by atoms with van der Waals surface area (Å²) < 4.78 is 13.4. The van der Waals surface area contributed by atoms with Gasteiger partial charge in [0.25, 0.3) is 5.91 Å². The Kier molecular flexibility index (Phi) is 5.58. The predicted molar refractivity (Wildman–Crippen MR) is 113 cm³/mol. The zero-order valence-corrected chi connectivity index (χ0v) is 17.6. The van der Waals surface area contributed by atoms with E-state index in [1.54, 1.807) is 19.2 Å². The number of rotatable bonds is 3. The van der Waals surface area contributed by atoms with Crippen LogP contribution < -0.4 is 0 Å². The second-order valence-electron chi connectivity index (χ2n) is 8.63. The maximum absolute atomic E-state index is 13.4. The third kappa shape index (κ3) is 3.83. The monoisotopic (exact) mass is 409 g/mol. The Morgan fingerprint density at radius 3 is 2.73 bits per heavy atom. The smallest absolute Gasteiger partial charge is 0.255 e. The van der Waals surface area contributed by atoms with Crippen LogP contribution >= 0.6 is 0 Å². The van der Waals surface area contributed by atoms with Crippen molar-refractivity contribution in [3.05, 3.63) is 65.2 Å². The van der Waals surface area contributed by atoms with Crippen molar-refractivity contribution in [2.45, 2.75) is 57.5 Å². The maximum atomic E-state index is 13.4. The summed E-state index contributed by atoms with van der Waals surface area (Å²) in [5.41, 5.74) is 1.85. The fraction of sp³-hybridized carbons (Fsp3) is 0.458. The number of pyridine rings is 1. The summed E-state index contributed by atoms with van der Waals surface area (Å²) in [7, 11) is 0. The normalized spacial score (nSPS) is 23.8. The molecule has 0 aliphatic carbocycles. The van der Waals surface area contributed by atoms with Crippen LogP contribution in [0.25, 0.3) is 0 Å². The minimum Gasteiger partial charge on any atom is -0.338 e. The summed E-state index contributed by atoms with van der Waals surface area (Å²) in [6.07, 6.45) is 5.77. The Labute approximate surface area is 176 Å². The number of halogens is 1. The minimum atomic E-state index is -0.348. The third-order valence-corrected chi connectivity index (χ3v) is 6.65. The Morgan fingerprint density at radius 1 is 1.20 bits per heavy atom. The van der Waals surface area contributed by atoms with Crippen molar-refractivity contribution >= 4 is 11.8 Å². The molecule has 2 atom stereocenters. The minimum absolute atomic E-state index is 0.0302. The van der Waals surface area contributed by atoms with Crippen LogP contribution in [-0.4, -0.2) is 51.3 Å². The lowest BCUT2D eigenvalue weighted by molar-refractivity contribution is -0.140. The van der Waals surface area contributed by atoms with Gasteiger partial charge in [0.2, 0.25) is 5.91 Å². The first kappa shape index (κ1) is 20.5. The second-order valence-corrected chi connectivity index (χ2v) is 8.63. The molecule has 2 amide bonds. The second kappa shape index (κ2) is 8.17. The molecule has 158 valence electrons. The summed E-state index contributed by atoms with van der Waals surface area (Å²) in [5, 5.41) is 0. The lowest BCUT2D eigenvalue weighted by atomic mass is 9.75. The van der Waals surface area contributed by atoms with Crippen LogP contribution in [0.2, 0.25) is 0 Å². The van der Waals surface area contributed by atoms with Crippen molar-refractivity contribution in [3.8, 4) is 0 Å². The number of hydrogen-bond acceptors (Lipinski definition) is 3. The SMILES string of the molecule is CC(=O)N1CCC[C@@]2(C)[C@@H]1CCCN2C(=O)c1ccc(Cc2cccc(F)c2)nc1. The maximum Gasteiger partial charge on any atom is 0.255 e. The Hall–Kier alpha value is -2.76. The molecule has 0 saturated carbocycles. The number of carbonyl (C=O) groups is 2. The van der Waals surface area contributed by atoms with Crippen molar-refractivity contribution in [1.29, 1.82) is 0 Å². The van der Waals surface area contributed by atoms with E-state index >= 15 is 0 Å². The summed E-state index contributed by atoms with van der Waals surface area (Å²) in [6.45, 7) is 5.21. The van der Waals surface area contributed by atoms with E-state index in [9.17, 15) is 14.0 Å². The van der Waals surface area contributed by atoms with E-state index < -0.39 is 0 Å². The van der Waals surface area contributed by atoms with Crippen LogP contribution in [0.3, 0.4) is 0 Å². The van der Waals surface area contributed by atoms with Crippen molar-refractivity contribution in [3.63, 3.8) is 0 Å².